The Morgan fingerprint density at radius 1 is 0.697 bits per heavy atom. The second-order valence-corrected chi connectivity index (χ2v) is 9.46. The molecule has 1 heterocycles. The van der Waals surface area contributed by atoms with Crippen molar-refractivity contribution in [2.24, 2.45) is 0 Å². The second kappa shape index (κ2) is 14.7. The average molecular weight is 449 g/mol. The van der Waals surface area contributed by atoms with E-state index in [1.165, 1.54) is 93.9 Å². The summed E-state index contributed by atoms with van der Waals surface area (Å²) in [7, 11) is 0. The first-order valence-electron chi connectivity index (χ1n) is 13.4. The van der Waals surface area contributed by atoms with Crippen molar-refractivity contribution in [2.75, 3.05) is 18.0 Å². The number of unbranched alkanes of at least 4 members (excludes halogenated alkanes) is 10. The summed E-state index contributed by atoms with van der Waals surface area (Å²) in [6.45, 7) is 6.84. The molecule has 0 atom stereocenters. The number of nitrogens with one attached hydrogen (secondary N) is 1. The molecule has 1 N–H and O–H groups in total. The maximum Gasteiger partial charge on any atom is 0.118 e. The molecule has 2 aromatic carbocycles. The van der Waals surface area contributed by atoms with E-state index in [2.05, 4.69) is 76.6 Å². The Morgan fingerprint density at radius 2 is 1.30 bits per heavy atom. The van der Waals surface area contributed by atoms with Gasteiger partial charge in [0, 0.05) is 30.8 Å². The summed E-state index contributed by atoms with van der Waals surface area (Å²) >= 11 is 0. The molecular weight excluding hydrogens is 404 g/mol. The minimum absolute atomic E-state index is 0.892. The lowest BCUT2D eigenvalue weighted by molar-refractivity contribution is 0.574. The van der Waals surface area contributed by atoms with E-state index < -0.39 is 0 Å². The maximum absolute atomic E-state index is 4.49. The quantitative estimate of drug-likeness (QED) is 0.212. The fourth-order valence-electron chi connectivity index (χ4n) is 4.75. The highest BCUT2D eigenvalue weighted by atomic mass is 15.3. The SMILES string of the molecule is CCCCCCCCN(CCCCCCCC)c1ccc2[nH]nnc2c1Cc1ccccc1. The number of H-pyrrole nitrogens is 1. The van der Waals surface area contributed by atoms with E-state index in [-0.39, 0.29) is 0 Å². The molecule has 0 spiro atoms. The number of rotatable bonds is 17. The van der Waals surface area contributed by atoms with Gasteiger partial charge in [-0.25, -0.2) is 0 Å². The number of benzene rings is 2. The summed E-state index contributed by atoms with van der Waals surface area (Å²) in [5.74, 6) is 0. The predicted molar refractivity (Wildman–Crippen MR) is 142 cm³/mol. The predicted octanol–water partition coefficient (Wildman–Crippen LogP) is 8.08. The van der Waals surface area contributed by atoms with E-state index in [0.29, 0.717) is 0 Å². The van der Waals surface area contributed by atoms with Crippen molar-refractivity contribution >= 4 is 16.7 Å². The first kappa shape index (κ1) is 25.3. The third kappa shape index (κ3) is 8.17. The van der Waals surface area contributed by atoms with E-state index >= 15 is 0 Å². The van der Waals surface area contributed by atoms with Crippen LogP contribution in [0, 0.1) is 0 Å². The monoisotopic (exact) mass is 448 g/mol. The topological polar surface area (TPSA) is 44.8 Å². The fourth-order valence-corrected chi connectivity index (χ4v) is 4.75. The van der Waals surface area contributed by atoms with Crippen LogP contribution >= 0.6 is 0 Å². The number of aromatic amines is 1. The van der Waals surface area contributed by atoms with Gasteiger partial charge in [-0.15, -0.1) is 5.10 Å². The first-order valence-corrected chi connectivity index (χ1v) is 13.4. The summed E-state index contributed by atoms with van der Waals surface area (Å²) in [5, 5.41) is 11.7. The Balaban J connectivity index is 1.75. The fraction of sp³-hybridized carbons (Fsp3) is 0.586. The van der Waals surface area contributed by atoms with Gasteiger partial charge in [0.15, 0.2) is 0 Å². The van der Waals surface area contributed by atoms with Crippen molar-refractivity contribution in [2.45, 2.75) is 97.3 Å². The first-order chi connectivity index (χ1) is 16.3. The number of hydrogen-bond donors (Lipinski definition) is 1. The standard InChI is InChI=1S/C29H44N4/c1-3-5-7-9-11-16-22-33(23-17-12-10-8-6-4-2)28-21-20-27-29(31-32-30-27)26(28)24-25-18-14-13-15-19-25/h13-15,18-21H,3-12,16-17,22-24H2,1-2H3,(H,30,31,32). The summed E-state index contributed by atoms with van der Waals surface area (Å²) < 4.78 is 0. The van der Waals surface area contributed by atoms with Gasteiger partial charge < -0.3 is 4.90 Å². The zero-order valence-electron chi connectivity index (χ0n) is 21.0. The Hall–Kier alpha value is -2.36. The van der Waals surface area contributed by atoms with Crippen molar-refractivity contribution in [1.29, 1.82) is 0 Å². The summed E-state index contributed by atoms with van der Waals surface area (Å²) in [5.41, 5.74) is 6.04. The lowest BCUT2D eigenvalue weighted by atomic mass is 10.00. The lowest BCUT2D eigenvalue weighted by Crippen LogP contribution is -2.27. The maximum atomic E-state index is 4.49. The van der Waals surface area contributed by atoms with Gasteiger partial charge in [0.2, 0.25) is 0 Å². The van der Waals surface area contributed by atoms with Gasteiger partial charge in [0.25, 0.3) is 0 Å². The highest BCUT2D eigenvalue weighted by Gasteiger charge is 2.17. The molecule has 0 amide bonds. The van der Waals surface area contributed by atoms with Crippen molar-refractivity contribution in [3.8, 4) is 0 Å². The van der Waals surface area contributed by atoms with Crippen LogP contribution in [0.25, 0.3) is 11.0 Å². The Morgan fingerprint density at radius 3 is 1.94 bits per heavy atom. The van der Waals surface area contributed by atoms with Crippen molar-refractivity contribution < 1.29 is 0 Å². The van der Waals surface area contributed by atoms with Gasteiger partial charge in [-0.3, -0.25) is 5.10 Å². The third-order valence-electron chi connectivity index (χ3n) is 6.71. The van der Waals surface area contributed by atoms with Gasteiger partial charge >= 0.3 is 0 Å². The molecule has 0 aliphatic carbocycles. The smallest absolute Gasteiger partial charge is 0.118 e. The van der Waals surface area contributed by atoms with Gasteiger partial charge in [0.1, 0.15) is 5.52 Å². The van der Waals surface area contributed by atoms with Crippen molar-refractivity contribution in [1.82, 2.24) is 15.4 Å². The molecule has 33 heavy (non-hydrogen) atoms. The minimum Gasteiger partial charge on any atom is -0.371 e. The molecule has 0 radical (unpaired) electrons. The number of aromatic nitrogens is 3. The molecule has 1 aromatic heterocycles. The largest absolute Gasteiger partial charge is 0.371 e. The van der Waals surface area contributed by atoms with Crippen LogP contribution in [0.1, 0.15) is 102 Å². The molecule has 3 aromatic rings. The van der Waals surface area contributed by atoms with Crippen LogP contribution in [0.15, 0.2) is 42.5 Å². The Labute approximate surface area is 201 Å². The van der Waals surface area contributed by atoms with E-state index in [1.807, 2.05) is 0 Å². The molecule has 0 saturated heterocycles. The number of hydrogen-bond acceptors (Lipinski definition) is 3. The van der Waals surface area contributed by atoms with Crippen LogP contribution in [0.3, 0.4) is 0 Å². The molecule has 180 valence electrons. The molecule has 0 aliphatic rings. The molecule has 0 fully saturated rings. The highest BCUT2D eigenvalue weighted by molar-refractivity contribution is 5.84. The van der Waals surface area contributed by atoms with Crippen LogP contribution in [0.2, 0.25) is 0 Å². The van der Waals surface area contributed by atoms with Crippen LogP contribution in [0.5, 0.6) is 0 Å². The van der Waals surface area contributed by atoms with Crippen molar-refractivity contribution in [3.05, 3.63) is 53.6 Å². The second-order valence-electron chi connectivity index (χ2n) is 9.46. The molecule has 0 aliphatic heterocycles. The number of fused-ring (bicyclic) bond motifs is 1. The Bertz CT molecular complexity index is 886. The zero-order chi connectivity index (χ0) is 23.1. The summed E-state index contributed by atoms with van der Waals surface area (Å²) in [4.78, 5) is 2.64. The van der Waals surface area contributed by atoms with E-state index in [9.17, 15) is 0 Å². The molecule has 4 nitrogen and oxygen atoms in total. The van der Waals surface area contributed by atoms with E-state index in [1.54, 1.807) is 0 Å². The number of nitrogens with zero attached hydrogens (tertiary/aromatic N) is 3. The molecule has 0 unspecified atom stereocenters. The molecule has 4 heteroatoms. The molecular formula is C29H44N4. The third-order valence-corrected chi connectivity index (χ3v) is 6.71. The average Bonchev–Trinajstić information content (AvgIpc) is 3.33. The summed E-state index contributed by atoms with van der Waals surface area (Å²) in [6, 6.07) is 15.2. The number of anilines is 1. The van der Waals surface area contributed by atoms with Gasteiger partial charge in [-0.1, -0.05) is 114 Å². The highest BCUT2D eigenvalue weighted by Crippen LogP contribution is 2.30. The van der Waals surface area contributed by atoms with Crippen LogP contribution in [-0.2, 0) is 6.42 Å². The van der Waals surface area contributed by atoms with Crippen LogP contribution in [-0.4, -0.2) is 28.5 Å². The minimum atomic E-state index is 0.892. The van der Waals surface area contributed by atoms with Crippen LogP contribution in [0.4, 0.5) is 5.69 Å². The van der Waals surface area contributed by atoms with Gasteiger partial charge in [-0.05, 0) is 30.5 Å². The van der Waals surface area contributed by atoms with Crippen molar-refractivity contribution in [3.63, 3.8) is 0 Å². The summed E-state index contributed by atoms with van der Waals surface area (Å²) in [6.07, 6.45) is 16.9. The van der Waals surface area contributed by atoms with E-state index in [0.717, 1.165) is 30.5 Å². The molecule has 3 rings (SSSR count). The van der Waals surface area contributed by atoms with Crippen LogP contribution < -0.4 is 4.90 Å². The van der Waals surface area contributed by atoms with E-state index in [4.69, 9.17) is 0 Å². The van der Waals surface area contributed by atoms with Gasteiger partial charge in [0.05, 0.1) is 5.52 Å². The lowest BCUT2D eigenvalue weighted by Gasteiger charge is -2.28. The Kier molecular flexibility index (Phi) is 11.3. The molecule has 0 saturated carbocycles. The van der Waals surface area contributed by atoms with Gasteiger partial charge in [-0.2, -0.15) is 0 Å². The zero-order valence-corrected chi connectivity index (χ0v) is 21.0. The normalized spacial score (nSPS) is 11.3. The molecule has 0 bridgehead atoms.